The molecule has 0 amide bonds. The van der Waals surface area contributed by atoms with Gasteiger partial charge in [-0.15, -0.1) is 0 Å². The summed E-state index contributed by atoms with van der Waals surface area (Å²) in [6.45, 7) is 13.0. The molecule has 26 heavy (non-hydrogen) atoms. The van der Waals surface area contributed by atoms with Gasteiger partial charge in [-0.25, -0.2) is 0 Å². The summed E-state index contributed by atoms with van der Waals surface area (Å²) in [6.07, 6.45) is 2.20. The van der Waals surface area contributed by atoms with Gasteiger partial charge in [0.25, 0.3) is 0 Å². The van der Waals surface area contributed by atoms with Gasteiger partial charge in [-0.1, -0.05) is 27.7 Å². The van der Waals surface area contributed by atoms with Gasteiger partial charge < -0.3 is 18.9 Å². The minimum absolute atomic E-state index is 0.306. The Labute approximate surface area is 156 Å². The maximum absolute atomic E-state index is 5.71. The molecule has 2 atom stereocenters. The summed E-state index contributed by atoms with van der Waals surface area (Å²) >= 11 is 0. The zero-order chi connectivity index (χ0) is 18.5. The number of ether oxygens (including phenoxy) is 4. The summed E-state index contributed by atoms with van der Waals surface area (Å²) in [4.78, 5) is 10.00. The van der Waals surface area contributed by atoms with Crippen LogP contribution in [0.2, 0.25) is 0 Å². The number of hydrogen-bond acceptors (Lipinski definition) is 6. The number of hydrogen-bond donors (Lipinski definition) is 0. The largest absolute Gasteiger partial charge is 0.378 e. The molecule has 2 saturated heterocycles. The maximum atomic E-state index is 5.71. The fraction of sp³-hybridized carbons (Fsp3) is 0.800. The Kier molecular flexibility index (Phi) is 6.98. The molecule has 6 nitrogen and oxygen atoms in total. The fourth-order valence-electron chi connectivity index (χ4n) is 2.92. The zero-order valence-electron chi connectivity index (χ0n) is 16.5. The zero-order valence-corrected chi connectivity index (χ0v) is 16.5. The Morgan fingerprint density at radius 3 is 1.50 bits per heavy atom. The molecule has 1 aromatic heterocycles. The van der Waals surface area contributed by atoms with Crippen molar-refractivity contribution in [1.82, 2.24) is 9.97 Å². The molecule has 146 valence electrons. The Bertz CT molecular complexity index is 532. The van der Waals surface area contributed by atoms with Gasteiger partial charge in [0.1, 0.15) is 12.2 Å². The van der Waals surface area contributed by atoms with E-state index >= 15 is 0 Å². The van der Waals surface area contributed by atoms with Gasteiger partial charge in [0.2, 0.25) is 0 Å². The molecule has 0 bridgehead atoms. The highest BCUT2D eigenvalue weighted by Gasteiger charge is 2.24. The number of epoxide rings is 2. The van der Waals surface area contributed by atoms with Crippen molar-refractivity contribution in [2.24, 2.45) is 0 Å². The van der Waals surface area contributed by atoms with Crippen LogP contribution >= 0.6 is 0 Å². The third kappa shape index (κ3) is 5.98. The Balaban J connectivity index is 1.64. The first-order valence-electron chi connectivity index (χ1n) is 9.82. The van der Waals surface area contributed by atoms with Crippen LogP contribution in [0.3, 0.4) is 0 Å². The van der Waals surface area contributed by atoms with Crippen molar-refractivity contribution in [1.29, 1.82) is 0 Å². The Morgan fingerprint density at radius 1 is 0.808 bits per heavy atom. The molecule has 6 heteroatoms. The quantitative estimate of drug-likeness (QED) is 0.419. The van der Waals surface area contributed by atoms with Crippen molar-refractivity contribution < 1.29 is 18.9 Å². The molecule has 2 aliphatic rings. The van der Waals surface area contributed by atoms with E-state index in [2.05, 4.69) is 27.7 Å². The summed E-state index contributed by atoms with van der Waals surface area (Å²) in [7, 11) is 0. The minimum atomic E-state index is 0.306. The van der Waals surface area contributed by atoms with E-state index in [4.69, 9.17) is 28.9 Å². The standard InChI is InChI=1S/C20H32N2O4/c1-13(2)19-17(5-7-23-9-15-11-25-15)22-20(14(3)4)18(21-19)6-8-24-10-16-12-26-16/h13-16H,5-12H2,1-4H3. The lowest BCUT2D eigenvalue weighted by Gasteiger charge is -2.18. The van der Waals surface area contributed by atoms with E-state index in [9.17, 15) is 0 Å². The van der Waals surface area contributed by atoms with E-state index in [1.165, 1.54) is 0 Å². The second-order valence-corrected chi connectivity index (χ2v) is 7.76. The van der Waals surface area contributed by atoms with Gasteiger partial charge in [-0.2, -0.15) is 0 Å². The molecule has 3 heterocycles. The van der Waals surface area contributed by atoms with Crippen LogP contribution in [-0.4, -0.2) is 61.8 Å². The molecule has 2 unspecified atom stereocenters. The normalized spacial score (nSPS) is 21.6. The molecule has 0 radical (unpaired) electrons. The van der Waals surface area contributed by atoms with E-state index in [1.54, 1.807) is 0 Å². The molecular formula is C20H32N2O4. The number of nitrogens with zero attached hydrogens (tertiary/aromatic N) is 2. The highest BCUT2D eigenvalue weighted by molar-refractivity contribution is 5.25. The van der Waals surface area contributed by atoms with Crippen molar-refractivity contribution in [2.75, 3.05) is 39.6 Å². The summed E-state index contributed by atoms with van der Waals surface area (Å²) in [5.41, 5.74) is 4.30. The number of rotatable bonds is 12. The first-order valence-corrected chi connectivity index (χ1v) is 9.82. The van der Waals surface area contributed by atoms with Crippen LogP contribution in [-0.2, 0) is 31.8 Å². The topological polar surface area (TPSA) is 69.3 Å². The summed E-state index contributed by atoms with van der Waals surface area (Å²) in [6, 6.07) is 0. The van der Waals surface area contributed by atoms with Crippen molar-refractivity contribution in [3.63, 3.8) is 0 Å². The molecular weight excluding hydrogens is 332 g/mol. The van der Waals surface area contributed by atoms with Crippen LogP contribution in [0.5, 0.6) is 0 Å². The Hall–Kier alpha value is -1.08. The molecule has 2 fully saturated rings. The van der Waals surface area contributed by atoms with Crippen LogP contribution in [0.15, 0.2) is 0 Å². The van der Waals surface area contributed by atoms with Crippen molar-refractivity contribution >= 4 is 0 Å². The molecule has 3 rings (SSSR count). The van der Waals surface area contributed by atoms with Crippen LogP contribution in [0.4, 0.5) is 0 Å². The highest BCUT2D eigenvalue weighted by atomic mass is 16.6. The van der Waals surface area contributed by atoms with Crippen molar-refractivity contribution in [3.05, 3.63) is 22.8 Å². The average Bonchev–Trinajstić information content (AvgIpc) is 3.50. The highest BCUT2D eigenvalue weighted by Crippen LogP contribution is 2.23. The Morgan fingerprint density at radius 2 is 1.19 bits per heavy atom. The third-order valence-corrected chi connectivity index (χ3v) is 4.57. The van der Waals surface area contributed by atoms with Gasteiger partial charge in [-0.05, 0) is 11.8 Å². The minimum Gasteiger partial charge on any atom is -0.378 e. The van der Waals surface area contributed by atoms with Crippen LogP contribution in [0.25, 0.3) is 0 Å². The number of aromatic nitrogens is 2. The molecule has 1 aromatic rings. The van der Waals surface area contributed by atoms with E-state index < -0.39 is 0 Å². The fourth-order valence-corrected chi connectivity index (χ4v) is 2.92. The second-order valence-electron chi connectivity index (χ2n) is 7.76. The van der Waals surface area contributed by atoms with Gasteiger partial charge in [0.05, 0.1) is 62.4 Å². The van der Waals surface area contributed by atoms with Gasteiger partial charge in [-0.3, -0.25) is 9.97 Å². The predicted molar refractivity (Wildman–Crippen MR) is 98.7 cm³/mol. The molecule has 0 spiro atoms. The molecule has 0 aliphatic carbocycles. The van der Waals surface area contributed by atoms with Gasteiger partial charge >= 0.3 is 0 Å². The van der Waals surface area contributed by atoms with Gasteiger partial charge in [0, 0.05) is 12.8 Å². The smallest absolute Gasteiger partial charge is 0.104 e. The molecule has 2 aliphatic heterocycles. The summed E-state index contributed by atoms with van der Waals surface area (Å²) in [5.74, 6) is 0.676. The summed E-state index contributed by atoms with van der Waals surface area (Å²) in [5, 5.41) is 0. The maximum Gasteiger partial charge on any atom is 0.104 e. The van der Waals surface area contributed by atoms with Crippen molar-refractivity contribution in [3.8, 4) is 0 Å². The van der Waals surface area contributed by atoms with E-state index in [1.807, 2.05) is 0 Å². The third-order valence-electron chi connectivity index (χ3n) is 4.57. The summed E-state index contributed by atoms with van der Waals surface area (Å²) < 4.78 is 21.8. The molecule has 0 N–H and O–H groups in total. The van der Waals surface area contributed by atoms with E-state index in [0.717, 1.165) is 48.8 Å². The average molecular weight is 364 g/mol. The molecule has 0 saturated carbocycles. The lowest BCUT2D eigenvalue weighted by Crippen LogP contribution is -2.16. The van der Waals surface area contributed by atoms with E-state index in [0.29, 0.717) is 50.5 Å². The van der Waals surface area contributed by atoms with Crippen LogP contribution < -0.4 is 0 Å². The lowest BCUT2D eigenvalue weighted by molar-refractivity contribution is 0.117. The van der Waals surface area contributed by atoms with Crippen LogP contribution in [0.1, 0.15) is 62.3 Å². The van der Waals surface area contributed by atoms with Gasteiger partial charge in [0.15, 0.2) is 0 Å². The van der Waals surface area contributed by atoms with Crippen molar-refractivity contribution in [2.45, 2.75) is 64.6 Å². The SMILES string of the molecule is CC(C)c1nc(CCOCC2CO2)c(C(C)C)nc1CCOCC1CO1. The predicted octanol–water partition coefficient (Wildman–Crippen LogP) is 2.64. The van der Waals surface area contributed by atoms with E-state index in [-0.39, 0.29) is 0 Å². The first kappa shape index (κ1) is 19.7. The first-order chi connectivity index (χ1) is 12.5. The monoisotopic (exact) mass is 364 g/mol. The molecule has 0 aromatic carbocycles. The lowest BCUT2D eigenvalue weighted by atomic mass is 10.0. The second kappa shape index (κ2) is 9.22. The van der Waals surface area contributed by atoms with Crippen LogP contribution in [0, 0.1) is 0 Å².